The Kier molecular flexibility index (Phi) is 6.61. The van der Waals surface area contributed by atoms with Crippen LogP contribution >= 0.6 is 0 Å². The molecular weight excluding hydrogens is 306 g/mol. The van der Waals surface area contributed by atoms with Crippen molar-refractivity contribution >= 4 is 11.8 Å². The van der Waals surface area contributed by atoms with Gasteiger partial charge in [-0.3, -0.25) is 14.5 Å². The molecule has 2 rings (SSSR count). The Hall–Kier alpha value is -2.08. The summed E-state index contributed by atoms with van der Waals surface area (Å²) in [6.45, 7) is 11.2. The predicted octanol–water partition coefficient (Wildman–Crippen LogP) is 1.53. The maximum Gasteiger partial charge on any atom is 0.309 e. The van der Waals surface area contributed by atoms with Crippen LogP contribution in [0.15, 0.2) is 23.1 Å². The molecule has 0 bridgehead atoms. The number of carbonyl (C=O) groups excluding carboxylic acids is 2. The maximum absolute atomic E-state index is 11.7. The van der Waals surface area contributed by atoms with E-state index in [1.165, 1.54) is 5.56 Å². The zero-order chi connectivity index (χ0) is 17.5. The number of rotatable bonds is 6. The lowest BCUT2D eigenvalue weighted by Crippen LogP contribution is -2.43. The van der Waals surface area contributed by atoms with Gasteiger partial charge in [-0.15, -0.1) is 6.58 Å². The second-order valence-electron chi connectivity index (χ2n) is 6.37. The summed E-state index contributed by atoms with van der Waals surface area (Å²) in [5, 5.41) is 5.19. The van der Waals surface area contributed by atoms with Crippen molar-refractivity contribution in [1.82, 2.24) is 15.5 Å². The molecule has 2 amide bonds. The van der Waals surface area contributed by atoms with E-state index in [9.17, 15) is 9.59 Å². The third-order valence-electron chi connectivity index (χ3n) is 4.41. The number of aryl methyl sites for hydroxylation is 2. The minimum absolute atomic E-state index is 0.303. The molecule has 0 unspecified atom stereocenters. The van der Waals surface area contributed by atoms with Crippen LogP contribution < -0.4 is 10.6 Å². The van der Waals surface area contributed by atoms with E-state index in [2.05, 4.69) is 28.2 Å². The van der Waals surface area contributed by atoms with E-state index >= 15 is 0 Å². The molecule has 1 fully saturated rings. The number of hydrogen-bond acceptors (Lipinski definition) is 4. The molecule has 132 valence electrons. The molecule has 2 N–H and O–H groups in total. The second-order valence-corrected chi connectivity index (χ2v) is 6.37. The van der Waals surface area contributed by atoms with Gasteiger partial charge >= 0.3 is 11.8 Å². The fraction of sp³-hybridized carbons (Fsp3) is 0.556. The summed E-state index contributed by atoms with van der Waals surface area (Å²) in [5.41, 5.74) is 1.25. The molecule has 0 atom stereocenters. The third kappa shape index (κ3) is 5.23. The summed E-state index contributed by atoms with van der Waals surface area (Å²) in [5.74, 6) is 1.20. The van der Waals surface area contributed by atoms with Crippen molar-refractivity contribution < 1.29 is 14.0 Å². The van der Waals surface area contributed by atoms with Crippen LogP contribution in [0, 0.1) is 19.8 Å². The molecule has 2 heterocycles. The second kappa shape index (κ2) is 8.68. The molecule has 0 spiro atoms. The van der Waals surface area contributed by atoms with Crippen LogP contribution in [-0.4, -0.2) is 42.9 Å². The van der Waals surface area contributed by atoms with Crippen molar-refractivity contribution in [2.45, 2.75) is 33.2 Å². The van der Waals surface area contributed by atoms with E-state index in [4.69, 9.17) is 4.42 Å². The average Bonchev–Trinajstić information content (AvgIpc) is 2.89. The lowest BCUT2D eigenvalue weighted by atomic mass is 9.96. The summed E-state index contributed by atoms with van der Waals surface area (Å²) < 4.78 is 5.57. The molecule has 1 aromatic heterocycles. The largest absolute Gasteiger partial charge is 0.466 e. The number of piperidine rings is 1. The van der Waals surface area contributed by atoms with Crippen molar-refractivity contribution in [3.8, 4) is 0 Å². The van der Waals surface area contributed by atoms with Crippen molar-refractivity contribution in [2.24, 2.45) is 5.92 Å². The number of furan rings is 1. The van der Waals surface area contributed by atoms with Gasteiger partial charge in [-0.2, -0.15) is 0 Å². The highest BCUT2D eigenvalue weighted by Crippen LogP contribution is 2.21. The van der Waals surface area contributed by atoms with Gasteiger partial charge in [0.15, 0.2) is 0 Å². The molecule has 0 aliphatic carbocycles. The molecule has 1 saturated heterocycles. The van der Waals surface area contributed by atoms with Gasteiger partial charge in [-0.1, -0.05) is 6.08 Å². The smallest absolute Gasteiger partial charge is 0.309 e. The first kappa shape index (κ1) is 18.3. The summed E-state index contributed by atoms with van der Waals surface area (Å²) >= 11 is 0. The molecule has 6 heteroatoms. The van der Waals surface area contributed by atoms with Crippen molar-refractivity contribution in [2.75, 3.05) is 26.2 Å². The monoisotopic (exact) mass is 333 g/mol. The highest BCUT2D eigenvalue weighted by molar-refractivity contribution is 6.35. The third-order valence-corrected chi connectivity index (χ3v) is 4.41. The zero-order valence-electron chi connectivity index (χ0n) is 14.6. The SMILES string of the molecule is C=CCNC(=O)C(=O)NCC1CCN(Cc2cc(C)oc2C)CC1. The van der Waals surface area contributed by atoms with Gasteiger partial charge in [0.25, 0.3) is 0 Å². The summed E-state index contributed by atoms with van der Waals surface area (Å²) in [6.07, 6.45) is 3.58. The number of amides is 2. The number of likely N-dealkylation sites (tertiary alicyclic amines) is 1. The first-order chi connectivity index (χ1) is 11.5. The summed E-state index contributed by atoms with van der Waals surface area (Å²) in [7, 11) is 0. The maximum atomic E-state index is 11.7. The van der Waals surface area contributed by atoms with E-state index < -0.39 is 11.8 Å². The molecular formula is C18H27N3O3. The normalized spacial score (nSPS) is 15.9. The molecule has 0 radical (unpaired) electrons. The Morgan fingerprint density at radius 3 is 2.54 bits per heavy atom. The molecule has 6 nitrogen and oxygen atoms in total. The molecule has 1 aliphatic rings. The van der Waals surface area contributed by atoms with Crippen LogP contribution in [0.25, 0.3) is 0 Å². The van der Waals surface area contributed by atoms with Crippen molar-refractivity contribution in [1.29, 1.82) is 0 Å². The molecule has 0 aromatic carbocycles. The Bertz CT molecular complexity index is 586. The van der Waals surface area contributed by atoms with Crippen LogP contribution in [-0.2, 0) is 16.1 Å². The minimum atomic E-state index is -0.599. The van der Waals surface area contributed by atoms with Crippen molar-refractivity contribution in [3.05, 3.63) is 35.8 Å². The van der Waals surface area contributed by atoms with Crippen LogP contribution in [0.4, 0.5) is 0 Å². The van der Waals surface area contributed by atoms with Crippen LogP contribution in [0.2, 0.25) is 0 Å². The first-order valence-corrected chi connectivity index (χ1v) is 8.44. The minimum Gasteiger partial charge on any atom is -0.466 e. The van der Waals surface area contributed by atoms with Crippen LogP contribution in [0.3, 0.4) is 0 Å². The van der Waals surface area contributed by atoms with E-state index in [0.29, 0.717) is 19.0 Å². The highest BCUT2D eigenvalue weighted by Gasteiger charge is 2.22. The Balaban J connectivity index is 1.69. The number of hydrogen-bond donors (Lipinski definition) is 2. The fourth-order valence-corrected chi connectivity index (χ4v) is 2.99. The fourth-order valence-electron chi connectivity index (χ4n) is 2.99. The Labute approximate surface area is 143 Å². The highest BCUT2D eigenvalue weighted by atomic mass is 16.3. The van der Waals surface area contributed by atoms with Gasteiger partial charge in [-0.05, 0) is 51.8 Å². The zero-order valence-corrected chi connectivity index (χ0v) is 14.6. The van der Waals surface area contributed by atoms with Gasteiger partial charge in [0.1, 0.15) is 11.5 Å². The molecule has 0 saturated carbocycles. The van der Waals surface area contributed by atoms with Gasteiger partial charge in [-0.25, -0.2) is 0 Å². The summed E-state index contributed by atoms with van der Waals surface area (Å²) in [6, 6.07) is 2.10. The quantitative estimate of drug-likeness (QED) is 0.611. The van der Waals surface area contributed by atoms with Gasteiger partial charge in [0, 0.05) is 25.2 Å². The topological polar surface area (TPSA) is 74.6 Å². The number of carbonyl (C=O) groups is 2. The average molecular weight is 333 g/mol. The number of nitrogens with one attached hydrogen (secondary N) is 2. The van der Waals surface area contributed by atoms with Gasteiger partial charge < -0.3 is 15.1 Å². The number of nitrogens with zero attached hydrogens (tertiary/aromatic N) is 1. The van der Waals surface area contributed by atoms with E-state index in [1.54, 1.807) is 6.08 Å². The molecule has 1 aromatic rings. The van der Waals surface area contributed by atoms with Gasteiger partial charge in [0.2, 0.25) is 0 Å². The summed E-state index contributed by atoms with van der Waals surface area (Å²) in [4.78, 5) is 25.5. The van der Waals surface area contributed by atoms with Gasteiger partial charge in [0.05, 0.1) is 0 Å². The van der Waals surface area contributed by atoms with Crippen molar-refractivity contribution in [3.63, 3.8) is 0 Å². The molecule has 24 heavy (non-hydrogen) atoms. The predicted molar refractivity (Wildman–Crippen MR) is 92.4 cm³/mol. The van der Waals surface area contributed by atoms with E-state index in [0.717, 1.165) is 44.0 Å². The standard InChI is InChI=1S/C18H27N3O3/c1-4-7-19-17(22)18(23)20-11-15-5-8-21(9-6-15)12-16-10-13(2)24-14(16)3/h4,10,15H,1,5-9,11-12H2,2-3H3,(H,19,22)(H,20,23). The lowest BCUT2D eigenvalue weighted by Gasteiger charge is -2.31. The molecule has 1 aliphatic heterocycles. The Morgan fingerprint density at radius 1 is 1.29 bits per heavy atom. The van der Waals surface area contributed by atoms with E-state index in [1.807, 2.05) is 13.8 Å². The first-order valence-electron chi connectivity index (χ1n) is 8.44. The van der Waals surface area contributed by atoms with E-state index in [-0.39, 0.29) is 0 Å². The lowest BCUT2D eigenvalue weighted by molar-refractivity contribution is -0.139. The van der Waals surface area contributed by atoms with Crippen LogP contribution in [0.1, 0.15) is 29.9 Å². The van der Waals surface area contributed by atoms with Crippen LogP contribution in [0.5, 0.6) is 0 Å². The Morgan fingerprint density at radius 2 is 1.96 bits per heavy atom.